The summed E-state index contributed by atoms with van der Waals surface area (Å²) < 4.78 is 26.8. The molecule has 4 aliphatic heterocycles. The molecular formula is C54H59N3O9. The van der Waals surface area contributed by atoms with Crippen molar-refractivity contribution in [1.82, 2.24) is 15.7 Å². The van der Waals surface area contributed by atoms with Crippen LogP contribution in [0.3, 0.4) is 0 Å². The molecule has 1 unspecified atom stereocenters. The van der Waals surface area contributed by atoms with Crippen molar-refractivity contribution in [1.29, 1.82) is 0 Å². The second-order valence-electron chi connectivity index (χ2n) is 20.5. The summed E-state index contributed by atoms with van der Waals surface area (Å²) in [5.41, 5.74) is 5.02. The Morgan fingerprint density at radius 3 is 2.29 bits per heavy atom. The quantitative estimate of drug-likeness (QED) is 0.106. The summed E-state index contributed by atoms with van der Waals surface area (Å²) in [4.78, 5) is 49.6. The lowest BCUT2D eigenvalue weighted by Crippen LogP contribution is -2.69. The number of benzene rings is 4. The van der Waals surface area contributed by atoms with E-state index >= 15 is 4.79 Å². The molecule has 12 nitrogen and oxygen atoms in total. The monoisotopic (exact) mass is 893 g/mol. The van der Waals surface area contributed by atoms with Gasteiger partial charge < -0.3 is 34.7 Å². The van der Waals surface area contributed by atoms with Crippen molar-refractivity contribution in [3.63, 3.8) is 0 Å². The largest absolute Gasteiger partial charge is 0.458 e. The van der Waals surface area contributed by atoms with Gasteiger partial charge in [0.25, 0.3) is 5.91 Å². The Morgan fingerprint density at radius 2 is 1.55 bits per heavy atom. The zero-order valence-electron chi connectivity index (χ0n) is 37.8. The number of carbonyl (C=O) groups excluding carboxylic acids is 3. The maximum absolute atomic E-state index is 15.2. The Labute approximate surface area is 385 Å². The highest BCUT2D eigenvalue weighted by Gasteiger charge is 2.76. The number of hydrogen-bond donors (Lipinski definition) is 3. The van der Waals surface area contributed by atoms with Crippen LogP contribution in [-0.2, 0) is 52.3 Å². The van der Waals surface area contributed by atoms with E-state index < -0.39 is 47.6 Å². The predicted octanol–water partition coefficient (Wildman–Crippen LogP) is 6.99. The highest BCUT2D eigenvalue weighted by Crippen LogP contribution is 2.61. The third kappa shape index (κ3) is 7.32. The van der Waals surface area contributed by atoms with Crippen molar-refractivity contribution in [2.75, 3.05) is 13.2 Å². The highest BCUT2D eigenvalue weighted by atomic mass is 16.8. The third-order valence-corrected chi connectivity index (χ3v) is 16.0. The fourth-order valence-electron chi connectivity index (χ4n) is 12.5. The maximum Gasteiger partial charge on any atom is 0.327 e. The van der Waals surface area contributed by atoms with Gasteiger partial charge in [-0.1, -0.05) is 123 Å². The summed E-state index contributed by atoms with van der Waals surface area (Å²) in [6, 6.07) is 33.7. The number of rotatable bonds is 11. The molecule has 344 valence electrons. The molecule has 0 aromatic heterocycles. The second kappa shape index (κ2) is 16.5. The first-order chi connectivity index (χ1) is 31.9. The van der Waals surface area contributed by atoms with Crippen LogP contribution >= 0.6 is 0 Å². The van der Waals surface area contributed by atoms with Gasteiger partial charge in [0.1, 0.15) is 29.8 Å². The number of allylic oxidation sites excluding steroid dienone is 1. The lowest BCUT2D eigenvalue weighted by Gasteiger charge is -2.53. The van der Waals surface area contributed by atoms with Crippen LogP contribution in [0.5, 0.6) is 0 Å². The summed E-state index contributed by atoms with van der Waals surface area (Å²) in [5, 5.41) is 16.7. The van der Waals surface area contributed by atoms with Gasteiger partial charge in [0.15, 0.2) is 6.04 Å². The molecule has 4 aromatic carbocycles. The lowest BCUT2D eigenvalue weighted by molar-refractivity contribution is -0.213. The molecule has 4 saturated heterocycles. The summed E-state index contributed by atoms with van der Waals surface area (Å²) in [7, 11) is 0. The van der Waals surface area contributed by atoms with Crippen molar-refractivity contribution >= 4 is 23.9 Å². The molecule has 3 aliphatic carbocycles. The van der Waals surface area contributed by atoms with E-state index in [0.717, 1.165) is 41.5 Å². The van der Waals surface area contributed by atoms with Gasteiger partial charge in [-0.3, -0.25) is 19.2 Å². The summed E-state index contributed by atoms with van der Waals surface area (Å²) in [5.74, 6) is -1.47. The molecule has 7 fully saturated rings. The topological polar surface area (TPSA) is 148 Å². The van der Waals surface area contributed by atoms with E-state index in [0.29, 0.717) is 34.5 Å². The van der Waals surface area contributed by atoms with E-state index in [2.05, 4.69) is 55.7 Å². The minimum atomic E-state index is -1.42. The minimum Gasteiger partial charge on any atom is -0.458 e. The standard InChI is InChI=1S/C54H59N3O9/c1-51(2)29-40-36(20-21-43-52(3,63-43)23-22-41(40)51)27-33-12-10-14-35(26-33)32-57-46-49(60)62-42-30-53(46,50(61)56-31-34-13-11-15-37(28-34)48(59)55-24-25-58)47(66-57)45-44(42)64-54(65-45,38-16-6-4-7-17-38)39-18-8-5-9-19-39/h4-19,26-28,40-47,58H,20-25,29-32H2,1-3H3,(H,55,59)(H,56,61)/t40-,41-,42-,43?,44+,45+,46+,47-,52-,53+/m1/s1. The SMILES string of the molecule is CC1(C)C[C@@H]2C(=Cc3cccc(CN4O[C@@H]5[C@H]6OC(c7ccccc7)(c7ccccc7)O[C@H]6[C@H]6C[C@]5(C(=O)NCc5cccc(C(=O)NCCO)c5)[C@@H]4C(=O)O6)c3)CCC3O[C@]3(C)CC[C@H]21. The zero-order chi connectivity index (χ0) is 45.4. The van der Waals surface area contributed by atoms with Crippen LogP contribution in [0.4, 0.5) is 0 Å². The van der Waals surface area contributed by atoms with E-state index in [4.69, 9.17) is 23.8 Å². The summed E-state index contributed by atoms with van der Waals surface area (Å²) >= 11 is 0. The fraction of sp³-hybridized carbons (Fsp3) is 0.463. The number of fused-ring (bicyclic) bond motifs is 6. The Bertz CT molecular complexity index is 2510. The molecule has 11 rings (SSSR count). The van der Waals surface area contributed by atoms with Crippen molar-refractivity contribution in [3.8, 4) is 0 Å². The number of nitrogens with zero attached hydrogens (tertiary/aromatic N) is 1. The number of esters is 1. The van der Waals surface area contributed by atoms with Gasteiger partial charge >= 0.3 is 5.97 Å². The van der Waals surface area contributed by atoms with Gasteiger partial charge in [-0.15, -0.1) is 0 Å². The van der Waals surface area contributed by atoms with Crippen molar-refractivity contribution < 1.29 is 43.3 Å². The molecule has 3 N–H and O–H groups in total. The molecule has 2 bridgehead atoms. The van der Waals surface area contributed by atoms with Gasteiger partial charge in [-0.2, -0.15) is 5.06 Å². The summed E-state index contributed by atoms with van der Waals surface area (Å²) in [6.45, 7) is 7.34. The van der Waals surface area contributed by atoms with E-state index in [1.807, 2.05) is 72.8 Å². The highest BCUT2D eigenvalue weighted by molar-refractivity contribution is 5.95. The van der Waals surface area contributed by atoms with Crippen LogP contribution < -0.4 is 10.6 Å². The van der Waals surface area contributed by atoms with Crippen LogP contribution in [0, 0.1) is 22.7 Å². The smallest absolute Gasteiger partial charge is 0.327 e. The van der Waals surface area contributed by atoms with Gasteiger partial charge in [0.2, 0.25) is 11.7 Å². The molecule has 4 aromatic rings. The first kappa shape index (κ1) is 43.4. The Morgan fingerprint density at radius 1 is 0.818 bits per heavy atom. The molecule has 3 saturated carbocycles. The van der Waals surface area contributed by atoms with Crippen LogP contribution in [0.15, 0.2) is 115 Å². The molecule has 4 heterocycles. The van der Waals surface area contributed by atoms with Crippen molar-refractivity contribution in [2.45, 2.75) is 120 Å². The van der Waals surface area contributed by atoms with E-state index in [9.17, 15) is 14.7 Å². The normalized spacial score (nSPS) is 34.0. The lowest BCUT2D eigenvalue weighted by atomic mass is 9.52. The average molecular weight is 894 g/mol. The van der Waals surface area contributed by atoms with Crippen molar-refractivity contribution in [3.05, 3.63) is 148 Å². The maximum atomic E-state index is 15.2. The van der Waals surface area contributed by atoms with Crippen LogP contribution in [0.25, 0.3) is 6.08 Å². The van der Waals surface area contributed by atoms with Gasteiger partial charge in [0, 0.05) is 36.2 Å². The molecule has 0 radical (unpaired) electrons. The number of amides is 2. The molecule has 66 heavy (non-hydrogen) atoms. The summed E-state index contributed by atoms with van der Waals surface area (Å²) in [6.07, 6.45) is 5.04. The van der Waals surface area contributed by atoms with Gasteiger partial charge in [0.05, 0.1) is 24.9 Å². The number of nitrogens with one attached hydrogen (secondary N) is 2. The minimum absolute atomic E-state index is 0.0113. The van der Waals surface area contributed by atoms with Gasteiger partial charge in [-0.25, -0.2) is 0 Å². The number of carbonyl (C=O) groups is 3. The Balaban J connectivity index is 0.926. The predicted molar refractivity (Wildman–Crippen MR) is 244 cm³/mol. The van der Waals surface area contributed by atoms with E-state index in [1.54, 1.807) is 23.3 Å². The molecule has 12 heteroatoms. The Kier molecular flexibility index (Phi) is 10.9. The molecule has 2 amide bonds. The number of epoxide rings is 1. The van der Waals surface area contributed by atoms with Crippen LogP contribution in [-0.4, -0.2) is 83.3 Å². The second-order valence-corrected chi connectivity index (χ2v) is 20.5. The molecule has 0 spiro atoms. The van der Waals surface area contributed by atoms with Crippen molar-refractivity contribution in [2.24, 2.45) is 22.7 Å². The third-order valence-electron chi connectivity index (χ3n) is 16.0. The molecular weight excluding hydrogens is 835 g/mol. The molecule has 7 aliphatic rings. The number of hydroxylamine groups is 2. The number of aliphatic hydroxyl groups is 1. The van der Waals surface area contributed by atoms with E-state index in [-0.39, 0.29) is 50.1 Å². The fourth-order valence-corrected chi connectivity index (χ4v) is 12.5. The first-order valence-electron chi connectivity index (χ1n) is 23.7. The van der Waals surface area contributed by atoms with Crippen LogP contribution in [0.2, 0.25) is 0 Å². The average Bonchev–Trinajstić information content (AvgIpc) is 3.59. The van der Waals surface area contributed by atoms with Gasteiger partial charge in [-0.05, 0) is 85.1 Å². The number of aliphatic hydroxyl groups excluding tert-OH is 1. The number of hydrogen-bond acceptors (Lipinski definition) is 10. The molecule has 10 atom stereocenters. The first-order valence-corrected chi connectivity index (χ1v) is 23.7. The van der Waals surface area contributed by atoms with E-state index in [1.165, 1.54) is 18.4 Å². The Hall–Kier alpha value is -5.21. The number of ether oxygens (including phenoxy) is 4. The zero-order valence-corrected chi connectivity index (χ0v) is 37.8. The van der Waals surface area contributed by atoms with Crippen LogP contribution in [0.1, 0.15) is 97.5 Å².